The molecule has 1 amide bonds. The van der Waals surface area contributed by atoms with Crippen LogP contribution in [0.15, 0.2) is 79.4 Å². The van der Waals surface area contributed by atoms with Crippen molar-refractivity contribution in [3.63, 3.8) is 0 Å². The lowest BCUT2D eigenvalue weighted by molar-refractivity contribution is 0.0953. The summed E-state index contributed by atoms with van der Waals surface area (Å²) in [6.07, 6.45) is 9.49. The number of pyridine rings is 1. The van der Waals surface area contributed by atoms with Gasteiger partial charge in [-0.05, 0) is 48.9 Å². The average Bonchev–Trinajstić information content (AvgIpc) is 3.35. The molecule has 3 aromatic heterocycles. The van der Waals surface area contributed by atoms with Crippen LogP contribution in [0.1, 0.15) is 22.6 Å². The number of fused-ring (bicyclic) bond motifs is 1. The van der Waals surface area contributed by atoms with Crippen LogP contribution in [0.2, 0.25) is 0 Å². The molecule has 4 rings (SSSR count). The maximum absolute atomic E-state index is 12.4. The summed E-state index contributed by atoms with van der Waals surface area (Å²) in [7, 11) is 0. The van der Waals surface area contributed by atoms with E-state index in [0.29, 0.717) is 12.1 Å². The van der Waals surface area contributed by atoms with Gasteiger partial charge >= 0.3 is 0 Å². The fourth-order valence-electron chi connectivity index (χ4n) is 3.05. The molecular formula is C21H20N4O. The van der Waals surface area contributed by atoms with E-state index in [9.17, 15) is 4.79 Å². The molecule has 26 heavy (non-hydrogen) atoms. The van der Waals surface area contributed by atoms with Crippen LogP contribution in [-0.4, -0.2) is 26.4 Å². The van der Waals surface area contributed by atoms with Gasteiger partial charge in [-0.2, -0.15) is 0 Å². The number of amides is 1. The SMILES string of the molecule is O=C(NCCCc1ncc2ccccn12)c1cccc(-n2cccc2)c1. The van der Waals surface area contributed by atoms with Gasteiger partial charge < -0.3 is 14.3 Å². The summed E-state index contributed by atoms with van der Waals surface area (Å²) in [5.41, 5.74) is 2.74. The van der Waals surface area contributed by atoms with Crippen molar-refractivity contribution < 1.29 is 4.79 Å². The number of nitrogens with zero attached hydrogens (tertiary/aromatic N) is 3. The first-order chi connectivity index (χ1) is 12.8. The lowest BCUT2D eigenvalue weighted by Gasteiger charge is -2.08. The van der Waals surface area contributed by atoms with E-state index in [4.69, 9.17) is 0 Å². The van der Waals surface area contributed by atoms with Gasteiger partial charge in [-0.15, -0.1) is 0 Å². The quantitative estimate of drug-likeness (QED) is 0.544. The zero-order chi connectivity index (χ0) is 17.8. The minimum Gasteiger partial charge on any atom is -0.352 e. The molecule has 130 valence electrons. The van der Waals surface area contributed by atoms with Crippen LogP contribution in [-0.2, 0) is 6.42 Å². The van der Waals surface area contributed by atoms with E-state index < -0.39 is 0 Å². The Labute approximate surface area is 151 Å². The van der Waals surface area contributed by atoms with Gasteiger partial charge in [0.1, 0.15) is 5.82 Å². The van der Waals surface area contributed by atoms with E-state index in [1.54, 1.807) is 0 Å². The van der Waals surface area contributed by atoms with Crippen LogP contribution in [0.25, 0.3) is 11.2 Å². The molecule has 3 heterocycles. The van der Waals surface area contributed by atoms with Gasteiger partial charge in [-0.1, -0.05) is 12.1 Å². The van der Waals surface area contributed by atoms with Crippen LogP contribution < -0.4 is 5.32 Å². The highest BCUT2D eigenvalue weighted by molar-refractivity contribution is 5.94. The number of rotatable bonds is 6. The molecule has 0 spiro atoms. The third-order valence-electron chi connectivity index (χ3n) is 4.39. The van der Waals surface area contributed by atoms with E-state index in [2.05, 4.69) is 14.7 Å². The first-order valence-corrected chi connectivity index (χ1v) is 8.74. The number of hydrogen-bond acceptors (Lipinski definition) is 2. The molecule has 5 nitrogen and oxygen atoms in total. The van der Waals surface area contributed by atoms with E-state index in [-0.39, 0.29) is 5.91 Å². The second-order valence-corrected chi connectivity index (χ2v) is 6.17. The van der Waals surface area contributed by atoms with Crippen molar-refractivity contribution in [3.05, 3.63) is 90.8 Å². The van der Waals surface area contributed by atoms with Crippen LogP contribution in [0.3, 0.4) is 0 Å². The summed E-state index contributed by atoms with van der Waals surface area (Å²) in [6, 6.07) is 17.6. The Morgan fingerprint density at radius 1 is 1.00 bits per heavy atom. The predicted octanol–water partition coefficient (Wildman–Crippen LogP) is 3.49. The maximum Gasteiger partial charge on any atom is 0.251 e. The second kappa shape index (κ2) is 7.27. The van der Waals surface area contributed by atoms with Crippen LogP contribution in [0.5, 0.6) is 0 Å². The minimum absolute atomic E-state index is 0.0491. The predicted molar refractivity (Wildman–Crippen MR) is 102 cm³/mol. The van der Waals surface area contributed by atoms with Crippen LogP contribution >= 0.6 is 0 Å². The van der Waals surface area contributed by atoms with Crippen molar-refractivity contribution in [2.45, 2.75) is 12.8 Å². The number of carbonyl (C=O) groups excluding carboxylic acids is 1. The summed E-state index contributed by atoms with van der Waals surface area (Å²) < 4.78 is 4.07. The van der Waals surface area contributed by atoms with Gasteiger partial charge in [0.25, 0.3) is 5.91 Å². The largest absolute Gasteiger partial charge is 0.352 e. The Hall–Kier alpha value is -3.34. The number of hydrogen-bond donors (Lipinski definition) is 1. The number of benzene rings is 1. The average molecular weight is 344 g/mol. The number of aromatic nitrogens is 3. The summed E-state index contributed by atoms with van der Waals surface area (Å²) in [5.74, 6) is 0.969. The molecule has 4 aromatic rings. The number of imidazole rings is 1. The molecule has 1 aromatic carbocycles. The lowest BCUT2D eigenvalue weighted by atomic mass is 10.2. The van der Waals surface area contributed by atoms with Crippen LogP contribution in [0, 0.1) is 0 Å². The normalized spacial score (nSPS) is 10.9. The maximum atomic E-state index is 12.4. The number of aryl methyl sites for hydroxylation is 1. The van der Waals surface area contributed by atoms with E-state index in [1.165, 1.54) is 0 Å². The molecule has 1 N–H and O–H groups in total. The van der Waals surface area contributed by atoms with Crippen molar-refractivity contribution in [2.24, 2.45) is 0 Å². The first-order valence-electron chi connectivity index (χ1n) is 8.74. The molecule has 0 saturated carbocycles. The molecule has 0 unspecified atom stereocenters. The van der Waals surface area contributed by atoms with Crippen molar-refractivity contribution in [1.29, 1.82) is 0 Å². The van der Waals surface area contributed by atoms with Crippen molar-refractivity contribution in [3.8, 4) is 5.69 Å². The summed E-state index contributed by atoms with van der Waals surface area (Å²) >= 11 is 0. The standard InChI is InChI=1S/C21H20N4O/c26-21(17-7-5-9-18(15-17)24-12-3-4-13-24)22-11-6-10-20-23-16-19-8-1-2-14-25(19)20/h1-5,7-9,12-16H,6,10-11H2,(H,22,26). The summed E-state index contributed by atoms with van der Waals surface area (Å²) in [5, 5.41) is 3.00. The van der Waals surface area contributed by atoms with Gasteiger partial charge in [-0.3, -0.25) is 4.79 Å². The third-order valence-corrected chi connectivity index (χ3v) is 4.39. The molecule has 0 fully saturated rings. The first kappa shape index (κ1) is 16.1. The fraction of sp³-hybridized carbons (Fsp3) is 0.143. The molecule has 0 radical (unpaired) electrons. The molecular weight excluding hydrogens is 324 g/mol. The van der Waals surface area contributed by atoms with Gasteiger partial charge in [0.05, 0.1) is 11.7 Å². The highest BCUT2D eigenvalue weighted by Gasteiger charge is 2.07. The van der Waals surface area contributed by atoms with Crippen molar-refractivity contribution >= 4 is 11.4 Å². The Kier molecular flexibility index (Phi) is 4.51. The summed E-state index contributed by atoms with van der Waals surface area (Å²) in [6.45, 7) is 0.619. The molecule has 0 saturated heterocycles. The van der Waals surface area contributed by atoms with Gasteiger partial charge in [0, 0.05) is 42.8 Å². The lowest BCUT2D eigenvalue weighted by Crippen LogP contribution is -2.25. The summed E-state index contributed by atoms with van der Waals surface area (Å²) in [4.78, 5) is 16.9. The zero-order valence-corrected chi connectivity index (χ0v) is 14.4. The van der Waals surface area contributed by atoms with E-state index in [0.717, 1.165) is 29.9 Å². The third kappa shape index (κ3) is 3.37. The van der Waals surface area contributed by atoms with Gasteiger partial charge in [-0.25, -0.2) is 4.98 Å². The Morgan fingerprint density at radius 3 is 2.73 bits per heavy atom. The minimum atomic E-state index is -0.0491. The molecule has 0 aliphatic rings. The molecule has 0 bridgehead atoms. The highest BCUT2D eigenvalue weighted by atomic mass is 16.1. The smallest absolute Gasteiger partial charge is 0.251 e. The van der Waals surface area contributed by atoms with Gasteiger partial charge in [0.2, 0.25) is 0 Å². The molecule has 0 atom stereocenters. The second-order valence-electron chi connectivity index (χ2n) is 6.17. The van der Waals surface area contributed by atoms with Crippen molar-refractivity contribution in [2.75, 3.05) is 6.54 Å². The van der Waals surface area contributed by atoms with E-state index >= 15 is 0 Å². The highest BCUT2D eigenvalue weighted by Crippen LogP contribution is 2.11. The monoisotopic (exact) mass is 344 g/mol. The molecule has 0 aliphatic carbocycles. The number of carbonyl (C=O) groups is 1. The van der Waals surface area contributed by atoms with E-state index in [1.807, 2.05) is 84.0 Å². The fourth-order valence-corrected chi connectivity index (χ4v) is 3.05. The Balaban J connectivity index is 1.34. The Bertz CT molecular complexity index is 1020. The zero-order valence-electron chi connectivity index (χ0n) is 14.4. The molecule has 5 heteroatoms. The topological polar surface area (TPSA) is 51.3 Å². The van der Waals surface area contributed by atoms with Crippen molar-refractivity contribution in [1.82, 2.24) is 19.3 Å². The Morgan fingerprint density at radius 2 is 1.85 bits per heavy atom. The van der Waals surface area contributed by atoms with Gasteiger partial charge in [0.15, 0.2) is 0 Å². The molecule has 0 aliphatic heterocycles. The number of nitrogens with one attached hydrogen (secondary N) is 1. The van der Waals surface area contributed by atoms with Crippen LogP contribution in [0.4, 0.5) is 0 Å².